The molecule has 0 aliphatic rings. The fraction of sp³-hybridized carbons (Fsp3) is 0.0345. The fourth-order valence-corrected chi connectivity index (χ4v) is 4.06. The summed E-state index contributed by atoms with van der Waals surface area (Å²) < 4.78 is 0. The Morgan fingerprint density at radius 3 is 1.50 bits per heavy atom. The summed E-state index contributed by atoms with van der Waals surface area (Å²) in [4.78, 5) is 9.00. The predicted octanol–water partition coefficient (Wildman–Crippen LogP) is 6.92. The summed E-state index contributed by atoms with van der Waals surface area (Å²) in [6.45, 7) is 1.92. The number of aromatic hydroxyl groups is 3. The first kappa shape index (κ1) is 21.2. The quantitative estimate of drug-likeness (QED) is 0.262. The van der Waals surface area contributed by atoms with E-state index in [-0.39, 0.29) is 17.2 Å². The summed E-state index contributed by atoms with van der Waals surface area (Å²) in [5.41, 5.74) is 2.78. The molecule has 5 rings (SSSR count). The van der Waals surface area contributed by atoms with Crippen molar-refractivity contribution in [3.63, 3.8) is 0 Å². The Balaban J connectivity index is 1.55. The van der Waals surface area contributed by atoms with Gasteiger partial charge in [0.2, 0.25) is 0 Å². The first-order chi connectivity index (χ1) is 16.5. The largest absolute Gasteiger partial charge is 0.507 e. The highest BCUT2D eigenvalue weighted by Gasteiger charge is 2.10. The third-order valence-corrected chi connectivity index (χ3v) is 5.74. The van der Waals surface area contributed by atoms with Crippen LogP contribution >= 0.6 is 0 Å². The SMILES string of the molecule is Cc1cc(C=Nc2c(O)ccc3ccccc23)c(O)c(C=Nc2c(O)ccc3ccccc23)c1. The highest BCUT2D eigenvalue weighted by Crippen LogP contribution is 2.36. The molecule has 5 nitrogen and oxygen atoms in total. The number of rotatable bonds is 4. The first-order valence-electron chi connectivity index (χ1n) is 10.8. The van der Waals surface area contributed by atoms with Gasteiger partial charge >= 0.3 is 0 Å². The number of aryl methyl sites for hydroxylation is 1. The van der Waals surface area contributed by atoms with Crippen LogP contribution in [0.2, 0.25) is 0 Å². The van der Waals surface area contributed by atoms with Crippen LogP contribution in [-0.2, 0) is 0 Å². The number of fused-ring (bicyclic) bond motifs is 2. The zero-order chi connectivity index (χ0) is 23.7. The van der Waals surface area contributed by atoms with E-state index in [4.69, 9.17) is 0 Å². The van der Waals surface area contributed by atoms with E-state index in [2.05, 4.69) is 9.98 Å². The molecule has 0 heterocycles. The molecule has 0 bridgehead atoms. The van der Waals surface area contributed by atoms with Gasteiger partial charge in [-0.3, -0.25) is 9.98 Å². The van der Waals surface area contributed by atoms with Crippen molar-refractivity contribution in [2.75, 3.05) is 0 Å². The van der Waals surface area contributed by atoms with Gasteiger partial charge in [0.05, 0.1) is 0 Å². The number of phenols is 3. The summed E-state index contributed by atoms with van der Waals surface area (Å²) in [5, 5.41) is 35.2. The Morgan fingerprint density at radius 2 is 1.03 bits per heavy atom. The topological polar surface area (TPSA) is 85.4 Å². The first-order valence-corrected chi connectivity index (χ1v) is 10.8. The molecule has 5 aromatic rings. The van der Waals surface area contributed by atoms with Crippen molar-refractivity contribution in [2.45, 2.75) is 6.92 Å². The lowest BCUT2D eigenvalue weighted by Crippen LogP contribution is -1.92. The summed E-state index contributed by atoms with van der Waals surface area (Å²) in [6.07, 6.45) is 3.08. The second-order valence-corrected chi connectivity index (χ2v) is 8.12. The van der Waals surface area contributed by atoms with Gasteiger partial charge in [0, 0.05) is 34.3 Å². The molecule has 34 heavy (non-hydrogen) atoms. The molecule has 0 spiro atoms. The van der Waals surface area contributed by atoms with Crippen molar-refractivity contribution < 1.29 is 15.3 Å². The molecule has 3 N–H and O–H groups in total. The molecule has 0 aliphatic carbocycles. The van der Waals surface area contributed by atoms with E-state index in [1.54, 1.807) is 12.1 Å². The second kappa shape index (κ2) is 8.71. The maximum atomic E-state index is 10.9. The van der Waals surface area contributed by atoms with Crippen molar-refractivity contribution in [1.29, 1.82) is 0 Å². The van der Waals surface area contributed by atoms with Gasteiger partial charge in [0.1, 0.15) is 28.6 Å². The van der Waals surface area contributed by atoms with Crippen LogP contribution in [0.5, 0.6) is 17.2 Å². The molecular formula is C29H22N2O3. The number of nitrogens with zero attached hydrogens (tertiary/aromatic N) is 2. The van der Waals surface area contributed by atoms with E-state index < -0.39 is 0 Å². The van der Waals surface area contributed by atoms with Crippen LogP contribution < -0.4 is 0 Å². The molecule has 0 saturated heterocycles. The van der Waals surface area contributed by atoms with Crippen LogP contribution in [0.3, 0.4) is 0 Å². The molecular weight excluding hydrogens is 424 g/mol. The molecule has 0 fully saturated rings. The lowest BCUT2D eigenvalue weighted by atomic mass is 10.0. The van der Waals surface area contributed by atoms with Gasteiger partial charge in [-0.2, -0.15) is 0 Å². The Morgan fingerprint density at radius 1 is 0.588 bits per heavy atom. The summed E-state index contributed by atoms with van der Waals surface area (Å²) in [6, 6.07) is 25.9. The van der Waals surface area contributed by atoms with Crippen molar-refractivity contribution >= 4 is 45.3 Å². The number of aliphatic imine (C=N–C) groups is 2. The number of hydrogen-bond acceptors (Lipinski definition) is 5. The van der Waals surface area contributed by atoms with Crippen molar-refractivity contribution in [3.05, 3.63) is 102 Å². The van der Waals surface area contributed by atoms with Gasteiger partial charge in [-0.25, -0.2) is 0 Å². The van der Waals surface area contributed by atoms with Crippen LogP contribution in [-0.4, -0.2) is 27.7 Å². The van der Waals surface area contributed by atoms with E-state index in [0.717, 1.165) is 27.1 Å². The van der Waals surface area contributed by atoms with E-state index in [1.165, 1.54) is 12.4 Å². The van der Waals surface area contributed by atoms with Crippen LogP contribution in [0.15, 0.2) is 94.9 Å². The maximum Gasteiger partial charge on any atom is 0.141 e. The van der Waals surface area contributed by atoms with Crippen LogP contribution in [0.4, 0.5) is 11.4 Å². The van der Waals surface area contributed by atoms with Crippen molar-refractivity contribution in [2.24, 2.45) is 9.98 Å². The van der Waals surface area contributed by atoms with Crippen molar-refractivity contribution in [1.82, 2.24) is 0 Å². The minimum absolute atomic E-state index is 0.0116. The monoisotopic (exact) mass is 446 g/mol. The van der Waals surface area contributed by atoms with Gasteiger partial charge in [-0.05, 0) is 47.5 Å². The molecule has 5 heteroatoms. The van der Waals surface area contributed by atoms with Crippen LogP contribution in [0.25, 0.3) is 21.5 Å². The number of hydrogen-bond donors (Lipinski definition) is 3. The molecule has 0 aliphatic heterocycles. The van der Waals surface area contributed by atoms with E-state index in [0.29, 0.717) is 22.5 Å². The summed E-state index contributed by atoms with van der Waals surface area (Å²) in [5.74, 6) is 0.142. The maximum absolute atomic E-state index is 10.9. The number of phenolic OH excluding ortho intramolecular Hbond substituents is 3. The average molecular weight is 447 g/mol. The predicted molar refractivity (Wildman–Crippen MR) is 139 cm³/mol. The van der Waals surface area contributed by atoms with Crippen LogP contribution in [0.1, 0.15) is 16.7 Å². The molecule has 0 unspecified atom stereocenters. The molecule has 0 radical (unpaired) electrons. The molecule has 0 amide bonds. The lowest BCUT2D eigenvalue weighted by molar-refractivity contribution is 0.473. The van der Waals surface area contributed by atoms with Crippen LogP contribution in [0, 0.1) is 6.92 Å². The molecule has 166 valence electrons. The van der Waals surface area contributed by atoms with Gasteiger partial charge in [0.25, 0.3) is 0 Å². The van der Waals surface area contributed by atoms with Gasteiger partial charge < -0.3 is 15.3 Å². The second-order valence-electron chi connectivity index (χ2n) is 8.12. The lowest BCUT2D eigenvalue weighted by Gasteiger charge is -2.08. The third kappa shape index (κ3) is 3.95. The Hall–Kier alpha value is -4.64. The highest BCUT2D eigenvalue weighted by atomic mass is 16.3. The van der Waals surface area contributed by atoms with Gasteiger partial charge in [0.15, 0.2) is 0 Å². The molecule has 0 aromatic heterocycles. The summed E-state index contributed by atoms with van der Waals surface area (Å²) >= 11 is 0. The third-order valence-electron chi connectivity index (χ3n) is 5.74. The average Bonchev–Trinajstić information content (AvgIpc) is 2.85. The zero-order valence-corrected chi connectivity index (χ0v) is 18.5. The smallest absolute Gasteiger partial charge is 0.141 e. The van der Waals surface area contributed by atoms with Gasteiger partial charge in [-0.1, -0.05) is 60.7 Å². The van der Waals surface area contributed by atoms with E-state index in [9.17, 15) is 15.3 Å². The zero-order valence-electron chi connectivity index (χ0n) is 18.5. The standard InChI is InChI=1S/C29H22N2O3/c1-18-14-21(16-30-27-23-8-4-2-6-19(23)10-12-25(27)32)29(34)22(15-18)17-31-28-24-9-5-3-7-20(24)11-13-26(28)33/h2-17,32-34H,1H3. The van der Waals surface area contributed by atoms with Gasteiger partial charge in [-0.15, -0.1) is 0 Å². The minimum atomic E-state index is 0.0116. The van der Waals surface area contributed by atoms with E-state index >= 15 is 0 Å². The molecule has 5 aromatic carbocycles. The number of benzene rings is 5. The highest BCUT2D eigenvalue weighted by molar-refractivity contribution is 6.01. The normalized spacial score (nSPS) is 11.8. The van der Waals surface area contributed by atoms with E-state index in [1.807, 2.05) is 79.7 Å². The van der Waals surface area contributed by atoms with Crippen molar-refractivity contribution in [3.8, 4) is 17.2 Å². The molecule has 0 saturated carbocycles. The minimum Gasteiger partial charge on any atom is -0.507 e. The molecule has 0 atom stereocenters. The Bertz CT molecular complexity index is 1490. The fourth-order valence-electron chi connectivity index (χ4n) is 4.06. The summed E-state index contributed by atoms with van der Waals surface area (Å²) in [7, 11) is 0. The Kier molecular flexibility index (Phi) is 5.44. The Labute approximate surface area is 196 Å².